The number of methoxy groups -OCH3 is 1. The van der Waals surface area contributed by atoms with Crippen LogP contribution in [0.2, 0.25) is 0 Å². The highest BCUT2D eigenvalue weighted by Gasteiger charge is 2.55. The number of hydrogen-bond acceptors (Lipinski definition) is 5. The van der Waals surface area contributed by atoms with Crippen LogP contribution in [0.5, 0.6) is 5.75 Å². The van der Waals surface area contributed by atoms with Gasteiger partial charge in [0.15, 0.2) is 4.32 Å². The molecule has 0 unspecified atom stereocenters. The number of para-hydroxylation sites is 1. The molecule has 1 amide bonds. The van der Waals surface area contributed by atoms with Crippen molar-refractivity contribution in [2.24, 2.45) is 5.10 Å². The van der Waals surface area contributed by atoms with Gasteiger partial charge in [-0.05, 0) is 36.8 Å². The molecule has 2 aromatic carbocycles. The predicted octanol–water partition coefficient (Wildman–Crippen LogP) is 3.61. The first-order valence-electron chi connectivity index (χ1n) is 8.28. The Morgan fingerprint density at radius 2 is 1.96 bits per heavy atom. The normalized spacial score (nSPS) is 20.3. The summed E-state index contributed by atoms with van der Waals surface area (Å²) in [6.45, 7) is 1.27. The number of halogens is 1. The Morgan fingerprint density at radius 1 is 1.26 bits per heavy atom. The fraction of sp³-hybridized carbons (Fsp3) is 0.263. The Balaban J connectivity index is 2.06. The van der Waals surface area contributed by atoms with Crippen LogP contribution in [0.15, 0.2) is 59.7 Å². The molecule has 3 rings (SSSR count). The van der Waals surface area contributed by atoms with E-state index in [-0.39, 0.29) is 5.91 Å². The highest BCUT2D eigenvalue weighted by atomic mass is 79.9. The second-order valence-electron chi connectivity index (χ2n) is 6.19. The molecule has 0 radical (unpaired) electrons. The molecule has 0 fully saturated rings. The summed E-state index contributed by atoms with van der Waals surface area (Å²) >= 11 is 3.53. The van der Waals surface area contributed by atoms with E-state index in [1.165, 1.54) is 12.1 Å². The first-order valence-corrected chi connectivity index (χ1v) is 9.07. The van der Waals surface area contributed by atoms with Gasteiger partial charge in [0.2, 0.25) is 6.54 Å². The molecule has 0 saturated heterocycles. The fourth-order valence-corrected chi connectivity index (χ4v) is 3.85. The molecule has 0 aliphatic carbocycles. The van der Waals surface area contributed by atoms with E-state index in [1.54, 1.807) is 55.5 Å². The predicted molar refractivity (Wildman–Crippen MR) is 106 cm³/mol. The molecule has 7 nitrogen and oxygen atoms in total. The van der Waals surface area contributed by atoms with Gasteiger partial charge < -0.3 is 4.74 Å². The van der Waals surface area contributed by atoms with E-state index in [9.17, 15) is 14.9 Å². The Bertz CT molecular complexity index is 903. The highest BCUT2D eigenvalue weighted by Crippen LogP contribution is 2.44. The van der Waals surface area contributed by atoms with Crippen LogP contribution in [-0.2, 0) is 4.79 Å². The van der Waals surface area contributed by atoms with E-state index in [0.29, 0.717) is 22.7 Å². The summed E-state index contributed by atoms with van der Waals surface area (Å²) in [4.78, 5) is 24.3. The number of anilines is 1. The number of ether oxygens (including phenoxy) is 1. The number of benzene rings is 2. The van der Waals surface area contributed by atoms with Crippen molar-refractivity contribution in [1.29, 1.82) is 0 Å². The average molecular weight is 432 g/mol. The number of nitro groups is 1. The zero-order valence-corrected chi connectivity index (χ0v) is 16.4. The number of nitrogens with zero attached hydrogens (tertiary/aromatic N) is 3. The molecule has 140 valence electrons. The fourth-order valence-electron chi connectivity index (χ4n) is 3.19. The van der Waals surface area contributed by atoms with Crippen molar-refractivity contribution in [2.45, 2.75) is 17.2 Å². The van der Waals surface area contributed by atoms with Crippen LogP contribution in [-0.4, -0.2) is 34.5 Å². The third-order valence-corrected chi connectivity index (χ3v) is 6.05. The van der Waals surface area contributed by atoms with Crippen molar-refractivity contribution < 1.29 is 14.5 Å². The lowest BCUT2D eigenvalue weighted by atomic mass is 9.82. The molecule has 1 heterocycles. The average Bonchev–Trinajstić information content (AvgIpc) is 2.91. The number of carbonyl (C=O) groups is 1. The van der Waals surface area contributed by atoms with Crippen LogP contribution >= 0.6 is 15.9 Å². The molecule has 2 atom stereocenters. The molecule has 0 spiro atoms. The van der Waals surface area contributed by atoms with Gasteiger partial charge in [-0.3, -0.25) is 14.9 Å². The summed E-state index contributed by atoms with van der Waals surface area (Å²) in [5.41, 5.74) is 1.69. The lowest BCUT2D eigenvalue weighted by Gasteiger charge is -2.29. The third-order valence-electron chi connectivity index (χ3n) is 4.59. The quantitative estimate of drug-likeness (QED) is 0.397. The van der Waals surface area contributed by atoms with E-state index in [2.05, 4.69) is 21.0 Å². The zero-order valence-electron chi connectivity index (χ0n) is 14.8. The zero-order chi connectivity index (χ0) is 19.6. The van der Waals surface area contributed by atoms with Crippen LogP contribution < -0.4 is 9.75 Å². The molecule has 0 aromatic heterocycles. The van der Waals surface area contributed by atoms with Gasteiger partial charge in [-0.15, -0.1) is 0 Å². The van der Waals surface area contributed by atoms with Gasteiger partial charge in [-0.1, -0.05) is 46.3 Å². The summed E-state index contributed by atoms with van der Waals surface area (Å²) < 4.78 is 3.92. The molecule has 2 aromatic rings. The van der Waals surface area contributed by atoms with Crippen LogP contribution in [0.25, 0.3) is 0 Å². The van der Waals surface area contributed by atoms with Gasteiger partial charge in [0.25, 0.3) is 5.91 Å². The maximum Gasteiger partial charge on any atom is 0.271 e. The van der Waals surface area contributed by atoms with E-state index >= 15 is 0 Å². The number of alkyl halides is 1. The monoisotopic (exact) mass is 431 g/mol. The standard InChI is InChI=1S/C19H18BrN3O4/c1-13-19(20,18(24)23(21-13)15-8-4-3-5-9-15)17(12-22(25)26)14-7-6-10-16(11-14)27-2/h3-11,17H,12H2,1-2H3/t17-,19-/m0/s1. The maximum atomic E-state index is 13.3. The lowest BCUT2D eigenvalue weighted by molar-refractivity contribution is -0.483. The summed E-state index contributed by atoms with van der Waals surface area (Å²) in [5.74, 6) is -0.551. The van der Waals surface area contributed by atoms with Gasteiger partial charge in [-0.2, -0.15) is 10.1 Å². The second-order valence-corrected chi connectivity index (χ2v) is 7.45. The molecule has 8 heteroatoms. The first kappa shape index (κ1) is 19.0. The SMILES string of the molecule is COc1cccc([C@H](C[N+](=O)[O-])[C@]2(Br)C(=O)N(c3ccccc3)N=C2C)c1. The minimum absolute atomic E-state index is 0.360. The minimum Gasteiger partial charge on any atom is -0.497 e. The van der Waals surface area contributed by atoms with Crippen molar-refractivity contribution in [3.05, 3.63) is 70.3 Å². The van der Waals surface area contributed by atoms with Gasteiger partial charge in [-0.25, -0.2) is 0 Å². The third kappa shape index (κ3) is 3.44. The van der Waals surface area contributed by atoms with Gasteiger partial charge in [0.1, 0.15) is 5.75 Å². The van der Waals surface area contributed by atoms with E-state index < -0.39 is 21.7 Å². The molecule has 1 aliphatic rings. The minimum atomic E-state index is -1.32. The highest BCUT2D eigenvalue weighted by molar-refractivity contribution is 9.10. The Kier molecular flexibility index (Phi) is 5.27. The molecule has 0 bridgehead atoms. The summed E-state index contributed by atoms with van der Waals surface area (Å²) in [7, 11) is 1.52. The molecule has 1 aliphatic heterocycles. The topological polar surface area (TPSA) is 85.0 Å². The van der Waals surface area contributed by atoms with Crippen molar-refractivity contribution in [1.82, 2.24) is 0 Å². The van der Waals surface area contributed by atoms with Crippen LogP contribution in [0, 0.1) is 10.1 Å². The number of carbonyl (C=O) groups excluding carboxylic acids is 1. The molecule has 0 saturated carbocycles. The number of hydrogen-bond donors (Lipinski definition) is 0. The van der Waals surface area contributed by atoms with Crippen LogP contribution in [0.1, 0.15) is 18.4 Å². The summed E-state index contributed by atoms with van der Waals surface area (Å²) in [6.07, 6.45) is 0. The van der Waals surface area contributed by atoms with Crippen molar-refractivity contribution >= 4 is 33.2 Å². The van der Waals surface area contributed by atoms with Gasteiger partial charge in [0.05, 0.1) is 24.4 Å². The lowest BCUT2D eigenvalue weighted by Crippen LogP contribution is -2.47. The maximum absolute atomic E-state index is 13.3. The largest absolute Gasteiger partial charge is 0.497 e. The molecular formula is C19H18BrN3O4. The van der Waals surface area contributed by atoms with Crippen LogP contribution in [0.3, 0.4) is 0 Å². The Hall–Kier alpha value is -2.74. The Labute approximate surface area is 164 Å². The van der Waals surface area contributed by atoms with Crippen molar-refractivity contribution in [2.75, 3.05) is 18.7 Å². The van der Waals surface area contributed by atoms with Crippen LogP contribution in [0.4, 0.5) is 5.69 Å². The van der Waals surface area contributed by atoms with Gasteiger partial charge >= 0.3 is 0 Å². The number of amides is 1. The number of rotatable bonds is 6. The van der Waals surface area contributed by atoms with Crippen molar-refractivity contribution in [3.63, 3.8) is 0 Å². The second kappa shape index (κ2) is 7.48. The molecular weight excluding hydrogens is 414 g/mol. The van der Waals surface area contributed by atoms with E-state index in [1.807, 2.05) is 6.07 Å². The van der Waals surface area contributed by atoms with E-state index in [0.717, 1.165) is 0 Å². The number of hydrazone groups is 1. The summed E-state index contributed by atoms with van der Waals surface area (Å²) in [5, 5.41) is 17.1. The van der Waals surface area contributed by atoms with E-state index in [4.69, 9.17) is 4.74 Å². The Morgan fingerprint density at radius 3 is 2.59 bits per heavy atom. The van der Waals surface area contributed by atoms with Gasteiger partial charge in [0, 0.05) is 4.92 Å². The smallest absolute Gasteiger partial charge is 0.271 e. The first-order chi connectivity index (χ1) is 12.9. The van der Waals surface area contributed by atoms with Crippen molar-refractivity contribution in [3.8, 4) is 5.75 Å². The summed E-state index contributed by atoms with van der Waals surface area (Å²) in [6, 6.07) is 15.9. The molecule has 0 N–H and O–H groups in total. The molecule has 27 heavy (non-hydrogen) atoms.